The second-order valence-electron chi connectivity index (χ2n) is 4.38. The molecule has 2 aromatic carbocycles. The fourth-order valence-electron chi connectivity index (χ4n) is 2.03. The van der Waals surface area contributed by atoms with Crippen LogP contribution in [0.1, 0.15) is 0 Å². The van der Waals surface area contributed by atoms with Crippen LogP contribution in [-0.4, -0.2) is 12.2 Å². The fourth-order valence-corrected chi connectivity index (χ4v) is 2.03. The number of methoxy groups -OCH3 is 1. The molecule has 100 valence electrons. The largest absolute Gasteiger partial charge is 0.508 e. The second kappa shape index (κ2) is 4.74. The summed E-state index contributed by atoms with van der Waals surface area (Å²) < 4.78 is 10.8. The van der Waals surface area contributed by atoms with Crippen LogP contribution < -0.4 is 10.2 Å². The van der Waals surface area contributed by atoms with Gasteiger partial charge >= 0.3 is 0 Å². The van der Waals surface area contributed by atoms with Crippen molar-refractivity contribution >= 4 is 11.0 Å². The van der Waals surface area contributed by atoms with E-state index < -0.39 is 0 Å². The van der Waals surface area contributed by atoms with Crippen LogP contribution in [0.25, 0.3) is 22.3 Å². The van der Waals surface area contributed by atoms with Gasteiger partial charge in [-0.3, -0.25) is 4.79 Å². The number of phenolic OH excluding ortho intramolecular Hbond substituents is 1. The zero-order valence-electron chi connectivity index (χ0n) is 10.8. The molecule has 0 amide bonds. The standard InChI is InChI=1S/C16H12O4/c1-19-12-6-7-15-13(8-12)14(18)9-16(20-15)10-2-4-11(17)5-3-10/h2-9,17H,1H3. The Hall–Kier alpha value is -2.75. The zero-order valence-corrected chi connectivity index (χ0v) is 10.8. The molecule has 0 aliphatic carbocycles. The first-order valence-electron chi connectivity index (χ1n) is 6.09. The van der Waals surface area contributed by atoms with E-state index in [0.717, 1.165) is 5.56 Å². The van der Waals surface area contributed by atoms with Gasteiger partial charge < -0.3 is 14.3 Å². The molecule has 3 aromatic rings. The lowest BCUT2D eigenvalue weighted by molar-refractivity contribution is 0.415. The summed E-state index contributed by atoms with van der Waals surface area (Å²) in [7, 11) is 1.55. The second-order valence-corrected chi connectivity index (χ2v) is 4.38. The number of ether oxygens (including phenoxy) is 1. The normalized spacial score (nSPS) is 10.7. The van der Waals surface area contributed by atoms with Crippen molar-refractivity contribution in [2.24, 2.45) is 0 Å². The minimum absolute atomic E-state index is 0.131. The first-order valence-corrected chi connectivity index (χ1v) is 6.09. The summed E-state index contributed by atoms with van der Waals surface area (Å²) in [5.41, 5.74) is 1.10. The van der Waals surface area contributed by atoms with E-state index >= 15 is 0 Å². The van der Waals surface area contributed by atoms with Crippen molar-refractivity contribution in [3.05, 3.63) is 58.8 Å². The van der Waals surface area contributed by atoms with Crippen LogP contribution >= 0.6 is 0 Å². The number of aromatic hydroxyl groups is 1. The topological polar surface area (TPSA) is 59.7 Å². The third-order valence-electron chi connectivity index (χ3n) is 3.09. The molecule has 0 spiro atoms. The molecule has 1 N–H and O–H groups in total. The lowest BCUT2D eigenvalue weighted by atomic mass is 10.1. The van der Waals surface area contributed by atoms with Gasteiger partial charge in [0, 0.05) is 11.6 Å². The molecule has 0 atom stereocenters. The van der Waals surface area contributed by atoms with E-state index in [1.54, 1.807) is 49.6 Å². The molecule has 0 saturated heterocycles. The van der Waals surface area contributed by atoms with Crippen LogP contribution in [0, 0.1) is 0 Å². The van der Waals surface area contributed by atoms with Crippen molar-refractivity contribution in [2.75, 3.05) is 7.11 Å². The average molecular weight is 268 g/mol. The van der Waals surface area contributed by atoms with E-state index in [1.165, 1.54) is 6.07 Å². The van der Waals surface area contributed by atoms with Gasteiger partial charge in [0.15, 0.2) is 5.43 Å². The molecule has 0 unspecified atom stereocenters. The highest BCUT2D eigenvalue weighted by Crippen LogP contribution is 2.25. The van der Waals surface area contributed by atoms with E-state index in [0.29, 0.717) is 22.5 Å². The molecule has 4 heteroatoms. The van der Waals surface area contributed by atoms with E-state index in [-0.39, 0.29) is 11.2 Å². The van der Waals surface area contributed by atoms with Gasteiger partial charge in [-0.05, 0) is 42.5 Å². The molecule has 0 fully saturated rings. The molecule has 20 heavy (non-hydrogen) atoms. The molecule has 1 aromatic heterocycles. The van der Waals surface area contributed by atoms with E-state index in [1.807, 2.05) is 0 Å². The third kappa shape index (κ3) is 2.12. The van der Waals surface area contributed by atoms with Gasteiger partial charge in [0.1, 0.15) is 22.8 Å². The van der Waals surface area contributed by atoms with Crippen LogP contribution in [-0.2, 0) is 0 Å². The van der Waals surface area contributed by atoms with Gasteiger partial charge in [-0.1, -0.05) is 0 Å². The average Bonchev–Trinajstić information content (AvgIpc) is 2.47. The van der Waals surface area contributed by atoms with Crippen LogP contribution in [0.5, 0.6) is 11.5 Å². The number of fused-ring (bicyclic) bond motifs is 1. The summed E-state index contributed by atoms with van der Waals surface area (Å²) in [6.45, 7) is 0. The maximum Gasteiger partial charge on any atom is 0.193 e. The molecule has 0 bridgehead atoms. The van der Waals surface area contributed by atoms with Crippen LogP contribution in [0.3, 0.4) is 0 Å². The van der Waals surface area contributed by atoms with Crippen molar-refractivity contribution in [1.29, 1.82) is 0 Å². The third-order valence-corrected chi connectivity index (χ3v) is 3.09. The Morgan fingerprint density at radius 1 is 1.05 bits per heavy atom. The smallest absolute Gasteiger partial charge is 0.193 e. The molecule has 0 aliphatic rings. The lowest BCUT2D eigenvalue weighted by Gasteiger charge is -2.05. The number of benzene rings is 2. The molecule has 4 nitrogen and oxygen atoms in total. The molecular formula is C16H12O4. The van der Waals surface area contributed by atoms with Gasteiger partial charge in [0.05, 0.1) is 12.5 Å². The first-order chi connectivity index (χ1) is 9.67. The fraction of sp³-hybridized carbons (Fsp3) is 0.0625. The number of phenols is 1. The van der Waals surface area contributed by atoms with E-state index in [9.17, 15) is 9.90 Å². The highest BCUT2D eigenvalue weighted by atomic mass is 16.5. The van der Waals surface area contributed by atoms with Crippen molar-refractivity contribution in [1.82, 2.24) is 0 Å². The summed E-state index contributed by atoms with van der Waals surface area (Å²) >= 11 is 0. The van der Waals surface area contributed by atoms with Gasteiger partial charge in [-0.25, -0.2) is 0 Å². The predicted octanol–water partition coefficient (Wildman–Crippen LogP) is 3.17. The van der Waals surface area contributed by atoms with Crippen molar-refractivity contribution in [3.63, 3.8) is 0 Å². The highest BCUT2D eigenvalue weighted by molar-refractivity contribution is 5.80. The van der Waals surface area contributed by atoms with Crippen molar-refractivity contribution in [3.8, 4) is 22.8 Å². The summed E-state index contributed by atoms with van der Waals surface area (Å²) in [6, 6.07) is 13.0. The van der Waals surface area contributed by atoms with Gasteiger partial charge in [-0.15, -0.1) is 0 Å². The molecule has 1 heterocycles. The minimum atomic E-state index is -0.131. The maximum atomic E-state index is 12.1. The lowest BCUT2D eigenvalue weighted by Crippen LogP contribution is -2.00. The monoisotopic (exact) mass is 268 g/mol. The quantitative estimate of drug-likeness (QED) is 0.775. The first kappa shape index (κ1) is 12.3. The molecular weight excluding hydrogens is 256 g/mol. The Kier molecular flexibility index (Phi) is 2.91. The molecule has 3 rings (SSSR count). The van der Waals surface area contributed by atoms with Gasteiger partial charge in [-0.2, -0.15) is 0 Å². The van der Waals surface area contributed by atoms with Gasteiger partial charge in [0.25, 0.3) is 0 Å². The maximum absolute atomic E-state index is 12.1. The summed E-state index contributed by atoms with van der Waals surface area (Å²) in [6.07, 6.45) is 0. The summed E-state index contributed by atoms with van der Waals surface area (Å²) in [4.78, 5) is 12.1. The number of hydrogen-bond acceptors (Lipinski definition) is 4. The molecule has 0 saturated carbocycles. The van der Waals surface area contributed by atoms with Crippen LogP contribution in [0.2, 0.25) is 0 Å². The molecule has 0 aliphatic heterocycles. The minimum Gasteiger partial charge on any atom is -0.508 e. The highest BCUT2D eigenvalue weighted by Gasteiger charge is 2.08. The Balaban J connectivity index is 2.19. The Morgan fingerprint density at radius 2 is 1.80 bits per heavy atom. The summed E-state index contributed by atoms with van der Waals surface area (Å²) in [5, 5.41) is 9.76. The van der Waals surface area contributed by atoms with E-state index in [2.05, 4.69) is 0 Å². The number of rotatable bonds is 2. The Bertz CT molecular complexity index is 816. The number of hydrogen-bond donors (Lipinski definition) is 1. The van der Waals surface area contributed by atoms with Crippen LogP contribution in [0.15, 0.2) is 57.7 Å². The summed E-state index contributed by atoms with van der Waals surface area (Å²) in [5.74, 6) is 1.25. The Labute approximate surface area is 114 Å². The van der Waals surface area contributed by atoms with Crippen molar-refractivity contribution in [2.45, 2.75) is 0 Å². The molecule has 0 radical (unpaired) electrons. The van der Waals surface area contributed by atoms with Crippen LogP contribution in [0.4, 0.5) is 0 Å². The SMILES string of the molecule is COc1ccc2oc(-c3ccc(O)cc3)cc(=O)c2c1. The zero-order chi connectivity index (χ0) is 14.1. The Morgan fingerprint density at radius 3 is 2.50 bits per heavy atom. The van der Waals surface area contributed by atoms with Gasteiger partial charge in [0.2, 0.25) is 0 Å². The predicted molar refractivity (Wildman–Crippen MR) is 76.1 cm³/mol. The van der Waals surface area contributed by atoms with Crippen molar-refractivity contribution < 1.29 is 14.3 Å². The van der Waals surface area contributed by atoms with E-state index in [4.69, 9.17) is 9.15 Å².